The summed E-state index contributed by atoms with van der Waals surface area (Å²) in [5.41, 5.74) is 4.79. The Hall–Kier alpha value is -1.93. The molecule has 0 aliphatic heterocycles. The van der Waals surface area contributed by atoms with Crippen LogP contribution in [0.3, 0.4) is 0 Å². The van der Waals surface area contributed by atoms with Gasteiger partial charge < -0.3 is 5.32 Å². The maximum Gasteiger partial charge on any atom is 0.324 e. The minimum absolute atomic E-state index is 0.111. The maximum atomic E-state index is 12.5. The number of nitrogens with one attached hydrogen (secondary N) is 3. The fourth-order valence-electron chi connectivity index (χ4n) is 2.13. The molecule has 0 atom stereocenters. The SMILES string of the molecule is Cc1cc(C)c(C)c(S(=O)(=O)NNC(=O)C(=O)NC(C)C)c1C. The Kier molecular flexibility index (Phi) is 5.90. The molecule has 0 heterocycles. The van der Waals surface area contributed by atoms with Gasteiger partial charge in [0.15, 0.2) is 0 Å². The molecule has 23 heavy (non-hydrogen) atoms. The molecule has 1 aromatic carbocycles. The second kappa shape index (κ2) is 7.10. The molecule has 0 fully saturated rings. The zero-order valence-electron chi connectivity index (χ0n) is 14.2. The zero-order valence-corrected chi connectivity index (χ0v) is 15.0. The lowest BCUT2D eigenvalue weighted by Crippen LogP contribution is -2.49. The lowest BCUT2D eigenvalue weighted by Gasteiger charge is -2.16. The van der Waals surface area contributed by atoms with Gasteiger partial charge in [-0.05, 0) is 63.8 Å². The normalized spacial score (nSPS) is 11.4. The first-order valence-corrected chi connectivity index (χ1v) is 8.65. The van der Waals surface area contributed by atoms with Crippen LogP contribution in [0.1, 0.15) is 36.1 Å². The van der Waals surface area contributed by atoms with Gasteiger partial charge in [-0.15, -0.1) is 4.83 Å². The van der Waals surface area contributed by atoms with Gasteiger partial charge in [-0.2, -0.15) is 0 Å². The monoisotopic (exact) mass is 341 g/mol. The third-order valence-electron chi connectivity index (χ3n) is 3.49. The predicted molar refractivity (Wildman–Crippen MR) is 87.1 cm³/mol. The van der Waals surface area contributed by atoms with E-state index in [1.54, 1.807) is 27.7 Å². The summed E-state index contributed by atoms with van der Waals surface area (Å²) in [5, 5.41) is 2.37. The van der Waals surface area contributed by atoms with Gasteiger partial charge in [-0.1, -0.05) is 6.07 Å². The van der Waals surface area contributed by atoms with Crippen molar-refractivity contribution >= 4 is 21.8 Å². The van der Waals surface area contributed by atoms with Gasteiger partial charge in [0.25, 0.3) is 10.0 Å². The molecular weight excluding hydrogens is 318 g/mol. The number of hydrazine groups is 1. The van der Waals surface area contributed by atoms with Crippen LogP contribution in [0.15, 0.2) is 11.0 Å². The summed E-state index contributed by atoms with van der Waals surface area (Å²) in [5.74, 6) is -1.97. The highest BCUT2D eigenvalue weighted by molar-refractivity contribution is 7.89. The predicted octanol–water partition coefficient (Wildman–Crippen LogP) is 0.754. The van der Waals surface area contributed by atoms with Crippen LogP contribution < -0.4 is 15.6 Å². The molecule has 0 unspecified atom stereocenters. The summed E-state index contributed by atoms with van der Waals surface area (Å²) in [7, 11) is -3.99. The minimum atomic E-state index is -3.99. The van der Waals surface area contributed by atoms with E-state index >= 15 is 0 Å². The van der Waals surface area contributed by atoms with Crippen molar-refractivity contribution in [3.05, 3.63) is 28.3 Å². The summed E-state index contributed by atoms with van der Waals surface area (Å²) in [6.07, 6.45) is 0. The molecule has 1 rings (SSSR count). The average Bonchev–Trinajstić information content (AvgIpc) is 2.42. The highest BCUT2D eigenvalue weighted by atomic mass is 32.2. The first-order valence-electron chi connectivity index (χ1n) is 7.17. The fraction of sp³-hybridized carbons (Fsp3) is 0.467. The summed E-state index contributed by atoms with van der Waals surface area (Å²) >= 11 is 0. The van der Waals surface area contributed by atoms with E-state index in [4.69, 9.17) is 0 Å². The van der Waals surface area contributed by atoms with Gasteiger partial charge in [0.2, 0.25) is 0 Å². The lowest BCUT2D eigenvalue weighted by atomic mass is 10.0. The van der Waals surface area contributed by atoms with Gasteiger partial charge in [-0.3, -0.25) is 15.0 Å². The van der Waals surface area contributed by atoms with Crippen molar-refractivity contribution in [2.75, 3.05) is 0 Å². The van der Waals surface area contributed by atoms with Gasteiger partial charge in [0.05, 0.1) is 4.90 Å². The molecule has 0 saturated heterocycles. The number of sulfonamides is 1. The molecular formula is C15H23N3O4S. The van der Waals surface area contributed by atoms with Gasteiger partial charge >= 0.3 is 11.8 Å². The standard InChI is InChI=1S/C15H23N3O4S/c1-8(2)16-14(19)15(20)17-18-23(21,22)13-11(5)9(3)7-10(4)12(13)6/h7-8,18H,1-6H3,(H,16,19)(H,17,20). The van der Waals surface area contributed by atoms with Crippen LogP contribution in [0.25, 0.3) is 0 Å². The summed E-state index contributed by atoms with van der Waals surface area (Å²) in [6, 6.07) is 1.67. The number of benzene rings is 1. The van der Waals surface area contributed by atoms with Crippen LogP contribution in [0.4, 0.5) is 0 Å². The zero-order chi connectivity index (χ0) is 17.9. The van der Waals surface area contributed by atoms with E-state index in [1.807, 2.05) is 30.2 Å². The molecule has 0 radical (unpaired) electrons. The molecule has 0 aliphatic rings. The lowest BCUT2D eigenvalue weighted by molar-refractivity contribution is -0.139. The van der Waals surface area contributed by atoms with Crippen molar-refractivity contribution in [3.63, 3.8) is 0 Å². The van der Waals surface area contributed by atoms with Crippen molar-refractivity contribution < 1.29 is 18.0 Å². The fourth-order valence-corrected chi connectivity index (χ4v) is 3.59. The second-order valence-corrected chi connectivity index (χ2v) is 7.40. The molecule has 8 heteroatoms. The van der Waals surface area contributed by atoms with E-state index in [2.05, 4.69) is 5.32 Å². The quantitative estimate of drug-likeness (QED) is 0.555. The number of hydrogen-bond donors (Lipinski definition) is 3. The molecule has 0 spiro atoms. The van der Waals surface area contributed by atoms with Crippen LogP contribution in [-0.4, -0.2) is 26.3 Å². The summed E-state index contributed by atoms with van der Waals surface area (Å²) < 4.78 is 24.9. The van der Waals surface area contributed by atoms with Crippen molar-refractivity contribution in [1.82, 2.24) is 15.6 Å². The largest absolute Gasteiger partial charge is 0.346 e. The molecule has 3 N–H and O–H groups in total. The molecule has 0 saturated carbocycles. The Labute approximate surface area is 136 Å². The van der Waals surface area contributed by atoms with Gasteiger partial charge in [0.1, 0.15) is 0 Å². The van der Waals surface area contributed by atoms with E-state index in [9.17, 15) is 18.0 Å². The Morgan fingerprint density at radius 2 is 1.43 bits per heavy atom. The third kappa shape index (κ3) is 4.52. The number of carbonyl (C=O) groups excluding carboxylic acids is 2. The summed E-state index contributed by atoms with van der Waals surface area (Å²) in [6.45, 7) is 10.4. The van der Waals surface area contributed by atoms with Gasteiger partial charge in [-0.25, -0.2) is 8.42 Å². The molecule has 0 bridgehead atoms. The van der Waals surface area contributed by atoms with E-state index < -0.39 is 21.8 Å². The van der Waals surface area contributed by atoms with Crippen molar-refractivity contribution in [3.8, 4) is 0 Å². The Morgan fingerprint density at radius 3 is 1.87 bits per heavy atom. The Balaban J connectivity index is 3.02. The smallest absolute Gasteiger partial charge is 0.324 e. The van der Waals surface area contributed by atoms with Crippen molar-refractivity contribution in [1.29, 1.82) is 0 Å². The van der Waals surface area contributed by atoms with E-state index in [-0.39, 0.29) is 10.9 Å². The number of carbonyl (C=O) groups is 2. The van der Waals surface area contributed by atoms with Crippen LogP contribution >= 0.6 is 0 Å². The Morgan fingerprint density at radius 1 is 0.957 bits per heavy atom. The number of amides is 2. The third-order valence-corrected chi connectivity index (χ3v) is 5.01. The number of hydrogen-bond acceptors (Lipinski definition) is 4. The van der Waals surface area contributed by atoms with Crippen molar-refractivity contribution in [2.24, 2.45) is 0 Å². The van der Waals surface area contributed by atoms with Crippen molar-refractivity contribution in [2.45, 2.75) is 52.5 Å². The van der Waals surface area contributed by atoms with Gasteiger partial charge in [0, 0.05) is 6.04 Å². The average molecular weight is 341 g/mol. The van der Waals surface area contributed by atoms with E-state index in [0.29, 0.717) is 11.1 Å². The molecule has 2 amide bonds. The summed E-state index contributed by atoms with van der Waals surface area (Å²) in [4.78, 5) is 25.2. The molecule has 0 aromatic heterocycles. The first-order chi connectivity index (χ1) is 10.5. The molecule has 0 aliphatic carbocycles. The van der Waals surface area contributed by atoms with E-state index in [0.717, 1.165) is 11.1 Å². The second-order valence-electron chi connectivity index (χ2n) is 5.78. The van der Waals surface area contributed by atoms with Crippen LogP contribution in [-0.2, 0) is 19.6 Å². The molecule has 128 valence electrons. The number of aryl methyl sites for hydroxylation is 2. The first kappa shape index (κ1) is 19.1. The highest BCUT2D eigenvalue weighted by Gasteiger charge is 2.24. The molecule has 7 nitrogen and oxygen atoms in total. The minimum Gasteiger partial charge on any atom is -0.346 e. The van der Waals surface area contributed by atoms with E-state index in [1.165, 1.54) is 0 Å². The molecule has 1 aromatic rings. The van der Waals surface area contributed by atoms with Crippen LogP contribution in [0, 0.1) is 27.7 Å². The topological polar surface area (TPSA) is 104 Å². The van der Waals surface area contributed by atoms with Crippen LogP contribution in [0.5, 0.6) is 0 Å². The maximum absolute atomic E-state index is 12.5. The Bertz CT molecular complexity index is 713. The van der Waals surface area contributed by atoms with Crippen LogP contribution in [0.2, 0.25) is 0 Å². The number of rotatable bonds is 4. The highest BCUT2D eigenvalue weighted by Crippen LogP contribution is 2.25.